The maximum atomic E-state index is 12.5. The zero-order valence-electron chi connectivity index (χ0n) is 17.7. The van der Waals surface area contributed by atoms with Gasteiger partial charge in [0.1, 0.15) is 0 Å². The number of rotatable bonds is 2. The molecule has 1 amide bonds. The minimum absolute atomic E-state index is 0.297. The van der Waals surface area contributed by atoms with Crippen molar-refractivity contribution in [2.24, 2.45) is 28.6 Å². The van der Waals surface area contributed by atoms with Crippen molar-refractivity contribution in [2.75, 3.05) is 6.54 Å². The highest BCUT2D eigenvalue weighted by molar-refractivity contribution is 5.76. The molecule has 1 aliphatic heterocycles. The smallest absolute Gasteiger partial charge is 0.222 e. The lowest BCUT2D eigenvalue weighted by Crippen LogP contribution is -2.54. The van der Waals surface area contributed by atoms with Crippen LogP contribution in [-0.4, -0.2) is 28.4 Å². The Bertz CT molecular complexity index is 802. The first-order valence-electron chi connectivity index (χ1n) is 11.4. The van der Waals surface area contributed by atoms with Gasteiger partial charge >= 0.3 is 0 Å². The van der Waals surface area contributed by atoms with Gasteiger partial charge in [-0.25, -0.2) is 0 Å². The molecule has 1 saturated heterocycles. The number of hydrogen-bond acceptors (Lipinski definition) is 2. The van der Waals surface area contributed by atoms with Crippen LogP contribution in [0.25, 0.3) is 5.57 Å². The standard InChI is InChI=1S/C25H34N2O/c1-4-23(28)27-15-13-25(3)21-11-12-24(2)19(17-6-5-14-26-16-17)8-9-20(24)18(21)7-10-22(25)27/h5-6,8,14,16,18,20-22H,4,7,9-13,15H2,1-3H3. The highest BCUT2D eigenvalue weighted by atomic mass is 16.2. The van der Waals surface area contributed by atoms with Crippen molar-refractivity contribution in [3.8, 4) is 0 Å². The number of fused-ring (bicyclic) bond motifs is 5. The number of amides is 1. The zero-order chi connectivity index (χ0) is 19.5. The molecule has 3 heteroatoms. The van der Waals surface area contributed by atoms with E-state index in [9.17, 15) is 4.79 Å². The van der Waals surface area contributed by atoms with E-state index in [1.54, 1.807) is 5.57 Å². The topological polar surface area (TPSA) is 33.2 Å². The third-order valence-corrected chi connectivity index (χ3v) is 9.26. The average molecular weight is 379 g/mol. The number of carbonyl (C=O) groups is 1. The predicted molar refractivity (Wildman–Crippen MR) is 112 cm³/mol. The van der Waals surface area contributed by atoms with Crippen LogP contribution in [-0.2, 0) is 4.79 Å². The van der Waals surface area contributed by atoms with Crippen molar-refractivity contribution in [3.05, 3.63) is 36.2 Å². The van der Waals surface area contributed by atoms with Crippen molar-refractivity contribution >= 4 is 11.5 Å². The van der Waals surface area contributed by atoms with Crippen LogP contribution in [0.5, 0.6) is 0 Å². The number of pyridine rings is 1. The van der Waals surface area contributed by atoms with Gasteiger partial charge < -0.3 is 4.90 Å². The van der Waals surface area contributed by atoms with Gasteiger partial charge in [0.15, 0.2) is 0 Å². The molecule has 2 saturated carbocycles. The summed E-state index contributed by atoms with van der Waals surface area (Å²) in [5, 5.41) is 0. The number of allylic oxidation sites excluding steroid dienone is 2. The van der Waals surface area contributed by atoms with E-state index in [0.29, 0.717) is 29.2 Å². The molecule has 1 aromatic heterocycles. The Labute approximate surface area is 169 Å². The molecular formula is C25H34N2O. The molecule has 1 aromatic rings. The quantitative estimate of drug-likeness (QED) is 0.697. The second-order valence-corrected chi connectivity index (χ2v) is 10.2. The van der Waals surface area contributed by atoms with Crippen molar-refractivity contribution in [3.63, 3.8) is 0 Å². The monoisotopic (exact) mass is 378 g/mol. The second kappa shape index (κ2) is 6.43. The number of aromatic nitrogens is 1. The summed E-state index contributed by atoms with van der Waals surface area (Å²) < 4.78 is 0. The third-order valence-electron chi connectivity index (χ3n) is 9.26. The summed E-state index contributed by atoms with van der Waals surface area (Å²) in [6.45, 7) is 8.04. The number of hydrogen-bond donors (Lipinski definition) is 0. The highest BCUT2D eigenvalue weighted by Gasteiger charge is 2.60. The molecule has 5 rings (SSSR count). The third kappa shape index (κ3) is 2.40. The van der Waals surface area contributed by atoms with Crippen LogP contribution in [0.15, 0.2) is 30.6 Å². The van der Waals surface area contributed by atoms with Crippen LogP contribution in [0.1, 0.15) is 71.3 Å². The lowest BCUT2D eigenvalue weighted by Gasteiger charge is -2.57. The van der Waals surface area contributed by atoms with Crippen molar-refractivity contribution in [1.82, 2.24) is 9.88 Å². The summed E-state index contributed by atoms with van der Waals surface area (Å²) in [6.07, 6.45) is 14.6. The molecule has 150 valence electrons. The van der Waals surface area contributed by atoms with Gasteiger partial charge in [-0.1, -0.05) is 32.9 Å². The first-order valence-corrected chi connectivity index (χ1v) is 11.4. The molecule has 6 unspecified atom stereocenters. The van der Waals surface area contributed by atoms with Gasteiger partial charge in [-0.3, -0.25) is 9.78 Å². The van der Waals surface area contributed by atoms with Crippen LogP contribution in [0.2, 0.25) is 0 Å². The Hall–Kier alpha value is -1.64. The molecular weight excluding hydrogens is 344 g/mol. The number of nitrogens with zero attached hydrogens (tertiary/aromatic N) is 2. The molecule has 4 aliphatic rings. The van der Waals surface area contributed by atoms with Crippen LogP contribution < -0.4 is 0 Å². The Morgan fingerprint density at radius 1 is 1.21 bits per heavy atom. The molecule has 0 aromatic carbocycles. The van der Waals surface area contributed by atoms with Crippen LogP contribution in [0.3, 0.4) is 0 Å². The van der Waals surface area contributed by atoms with Gasteiger partial charge in [0.05, 0.1) is 0 Å². The highest BCUT2D eigenvalue weighted by Crippen LogP contribution is 2.66. The van der Waals surface area contributed by atoms with Crippen LogP contribution in [0.4, 0.5) is 0 Å². The van der Waals surface area contributed by atoms with E-state index >= 15 is 0 Å². The van der Waals surface area contributed by atoms with Crippen molar-refractivity contribution in [2.45, 2.75) is 71.8 Å². The molecule has 28 heavy (non-hydrogen) atoms. The summed E-state index contributed by atoms with van der Waals surface area (Å²) >= 11 is 0. The van der Waals surface area contributed by atoms with E-state index in [0.717, 1.165) is 24.3 Å². The van der Waals surface area contributed by atoms with Crippen LogP contribution in [0, 0.1) is 28.6 Å². The fourth-order valence-corrected chi connectivity index (χ4v) is 7.86. The maximum Gasteiger partial charge on any atom is 0.222 e. The first kappa shape index (κ1) is 18.4. The predicted octanol–water partition coefficient (Wildman–Crippen LogP) is 5.33. The number of carbonyl (C=O) groups excluding carboxylic acids is 1. The SMILES string of the molecule is CCC(=O)N1CCC2(C)C3CCC4(C)C(c5cccnc5)=CCC4C3CCC12. The summed E-state index contributed by atoms with van der Waals surface area (Å²) in [5.74, 6) is 2.71. The van der Waals surface area contributed by atoms with Crippen LogP contribution >= 0.6 is 0 Å². The Morgan fingerprint density at radius 3 is 2.82 bits per heavy atom. The molecule has 3 fully saturated rings. The van der Waals surface area contributed by atoms with Gasteiger partial charge in [-0.05, 0) is 84.3 Å². The lowest BCUT2D eigenvalue weighted by atomic mass is 9.48. The summed E-state index contributed by atoms with van der Waals surface area (Å²) in [6, 6.07) is 4.79. The molecule has 3 nitrogen and oxygen atoms in total. The number of likely N-dealkylation sites (tertiary alicyclic amines) is 1. The van der Waals surface area contributed by atoms with E-state index in [2.05, 4.69) is 48.1 Å². The Balaban J connectivity index is 1.42. The average Bonchev–Trinajstić information content (AvgIpc) is 3.25. The van der Waals surface area contributed by atoms with Gasteiger partial charge in [0.25, 0.3) is 0 Å². The van der Waals surface area contributed by atoms with Gasteiger partial charge in [-0.15, -0.1) is 0 Å². The summed E-state index contributed by atoms with van der Waals surface area (Å²) in [5.41, 5.74) is 3.49. The molecule has 0 radical (unpaired) electrons. The van der Waals surface area contributed by atoms with Crippen molar-refractivity contribution < 1.29 is 4.79 Å². The first-order chi connectivity index (χ1) is 13.5. The normalized spacial score (nSPS) is 41.8. The van der Waals surface area contributed by atoms with E-state index in [4.69, 9.17) is 0 Å². The largest absolute Gasteiger partial charge is 0.339 e. The minimum Gasteiger partial charge on any atom is -0.339 e. The fraction of sp³-hybridized carbons (Fsp3) is 0.680. The molecule has 6 atom stereocenters. The molecule has 0 spiro atoms. The van der Waals surface area contributed by atoms with E-state index < -0.39 is 0 Å². The van der Waals surface area contributed by atoms with E-state index in [1.165, 1.54) is 44.1 Å². The lowest BCUT2D eigenvalue weighted by molar-refractivity contribution is -0.136. The Kier molecular flexibility index (Phi) is 4.23. The maximum absolute atomic E-state index is 12.5. The second-order valence-electron chi connectivity index (χ2n) is 10.2. The summed E-state index contributed by atoms with van der Waals surface area (Å²) in [7, 11) is 0. The van der Waals surface area contributed by atoms with Gasteiger partial charge in [0.2, 0.25) is 5.91 Å². The minimum atomic E-state index is 0.297. The zero-order valence-corrected chi connectivity index (χ0v) is 17.7. The van der Waals surface area contributed by atoms with E-state index in [-0.39, 0.29) is 0 Å². The van der Waals surface area contributed by atoms with Gasteiger partial charge in [-0.2, -0.15) is 0 Å². The van der Waals surface area contributed by atoms with Gasteiger partial charge in [0, 0.05) is 31.4 Å². The molecule has 2 heterocycles. The Morgan fingerprint density at radius 2 is 2.07 bits per heavy atom. The molecule has 0 N–H and O–H groups in total. The summed E-state index contributed by atoms with van der Waals surface area (Å²) in [4.78, 5) is 19.2. The van der Waals surface area contributed by atoms with E-state index in [1.807, 2.05) is 13.1 Å². The molecule has 3 aliphatic carbocycles. The van der Waals surface area contributed by atoms with Crippen molar-refractivity contribution in [1.29, 1.82) is 0 Å². The fourth-order valence-electron chi connectivity index (χ4n) is 7.86. The molecule has 0 bridgehead atoms.